The molecule has 0 aliphatic carbocycles. The second-order valence-electron chi connectivity index (χ2n) is 4.53. The Labute approximate surface area is 93.4 Å². The molecule has 0 aromatic carbocycles. The first-order chi connectivity index (χ1) is 7.07. The molecule has 3 nitrogen and oxygen atoms in total. The SMILES string of the molecule is [CH3][Sn]([CH3])([CH3])[c]1ccnc(-c2ccoc2)n1. The van der Waals surface area contributed by atoms with Crippen LogP contribution in [0.5, 0.6) is 0 Å². The van der Waals surface area contributed by atoms with Crippen molar-refractivity contribution in [3.63, 3.8) is 0 Å². The van der Waals surface area contributed by atoms with Gasteiger partial charge in [0.25, 0.3) is 0 Å². The molecule has 2 aromatic rings. The summed E-state index contributed by atoms with van der Waals surface area (Å²) < 4.78 is 6.28. The van der Waals surface area contributed by atoms with Crippen molar-refractivity contribution in [1.29, 1.82) is 0 Å². The molecule has 0 aliphatic rings. The second-order valence-corrected chi connectivity index (χ2v) is 18.8. The first-order valence-corrected chi connectivity index (χ1v) is 14.9. The molecular formula is C11H14N2OSn. The first-order valence-electron chi connectivity index (χ1n) is 4.93. The second kappa shape index (κ2) is 3.96. The van der Waals surface area contributed by atoms with Crippen LogP contribution in [0.15, 0.2) is 35.3 Å². The molecule has 0 fully saturated rings. The molecule has 0 radical (unpaired) electrons. The van der Waals surface area contributed by atoms with Gasteiger partial charge in [0.2, 0.25) is 0 Å². The minimum absolute atomic E-state index is 0.771. The van der Waals surface area contributed by atoms with E-state index in [0.717, 1.165) is 11.4 Å². The van der Waals surface area contributed by atoms with E-state index in [1.165, 1.54) is 3.71 Å². The minimum atomic E-state index is -2.08. The van der Waals surface area contributed by atoms with Crippen LogP contribution in [0, 0.1) is 0 Å². The number of hydrogen-bond acceptors (Lipinski definition) is 3. The standard InChI is InChI=1S/C8H5N2O.3CH3.Sn/c1-3-9-8(10-4-1)7-2-5-11-6-7;;;;/h1-3,5-6H;3*1H3;. The first kappa shape index (κ1) is 10.7. The molecule has 0 amide bonds. The van der Waals surface area contributed by atoms with Crippen molar-refractivity contribution in [2.24, 2.45) is 0 Å². The summed E-state index contributed by atoms with van der Waals surface area (Å²) in [6.45, 7) is 0. The molecule has 2 rings (SSSR count). The van der Waals surface area contributed by atoms with Crippen molar-refractivity contribution in [1.82, 2.24) is 9.97 Å². The topological polar surface area (TPSA) is 38.9 Å². The maximum atomic E-state index is 5.03. The molecule has 4 heteroatoms. The fourth-order valence-electron chi connectivity index (χ4n) is 1.31. The van der Waals surface area contributed by atoms with Gasteiger partial charge >= 0.3 is 93.5 Å². The van der Waals surface area contributed by atoms with E-state index in [0.29, 0.717) is 0 Å². The summed E-state index contributed by atoms with van der Waals surface area (Å²) in [6.07, 6.45) is 5.16. The van der Waals surface area contributed by atoms with Crippen molar-refractivity contribution in [2.45, 2.75) is 14.8 Å². The van der Waals surface area contributed by atoms with Gasteiger partial charge in [-0.3, -0.25) is 0 Å². The van der Waals surface area contributed by atoms with Crippen molar-refractivity contribution in [3.05, 3.63) is 30.9 Å². The Kier molecular flexibility index (Phi) is 2.82. The summed E-state index contributed by atoms with van der Waals surface area (Å²) in [5.41, 5.74) is 0.951. The summed E-state index contributed by atoms with van der Waals surface area (Å²) in [5.74, 6) is 0.771. The molecule has 0 unspecified atom stereocenters. The molecule has 0 bridgehead atoms. The zero-order valence-electron chi connectivity index (χ0n) is 9.19. The van der Waals surface area contributed by atoms with Gasteiger partial charge in [-0.15, -0.1) is 0 Å². The molecule has 0 spiro atoms. The number of hydrogen-bond donors (Lipinski definition) is 0. The van der Waals surface area contributed by atoms with Crippen LogP contribution in [0.4, 0.5) is 0 Å². The van der Waals surface area contributed by atoms with E-state index in [2.05, 4.69) is 24.8 Å². The Morgan fingerprint density at radius 3 is 2.60 bits per heavy atom. The van der Waals surface area contributed by atoms with E-state index < -0.39 is 18.4 Å². The number of aromatic nitrogens is 2. The quantitative estimate of drug-likeness (QED) is 0.799. The third kappa shape index (κ3) is 2.39. The zero-order valence-corrected chi connectivity index (χ0v) is 12.0. The summed E-state index contributed by atoms with van der Waals surface area (Å²) in [7, 11) is 0. The van der Waals surface area contributed by atoms with E-state index in [4.69, 9.17) is 4.42 Å². The molecule has 0 aliphatic heterocycles. The molecule has 2 aromatic heterocycles. The number of nitrogens with zero attached hydrogens (tertiary/aromatic N) is 2. The Morgan fingerprint density at radius 1 is 1.20 bits per heavy atom. The molecule has 15 heavy (non-hydrogen) atoms. The molecule has 0 atom stereocenters. The van der Waals surface area contributed by atoms with Gasteiger partial charge in [0.1, 0.15) is 0 Å². The average Bonchev–Trinajstić information content (AvgIpc) is 2.69. The van der Waals surface area contributed by atoms with Crippen LogP contribution in [0.3, 0.4) is 0 Å². The molecule has 78 valence electrons. The fraction of sp³-hybridized carbons (Fsp3) is 0.273. The van der Waals surface area contributed by atoms with Crippen LogP contribution in [-0.4, -0.2) is 28.3 Å². The number of furan rings is 1. The van der Waals surface area contributed by atoms with Gasteiger partial charge in [0.15, 0.2) is 0 Å². The van der Waals surface area contributed by atoms with Gasteiger partial charge in [-0.25, -0.2) is 0 Å². The van der Waals surface area contributed by atoms with E-state index in [1.54, 1.807) is 12.5 Å². The van der Waals surface area contributed by atoms with Crippen LogP contribution >= 0.6 is 0 Å². The van der Waals surface area contributed by atoms with Gasteiger partial charge in [-0.1, -0.05) is 0 Å². The summed E-state index contributed by atoms with van der Waals surface area (Å²) in [4.78, 5) is 15.9. The monoisotopic (exact) mass is 310 g/mol. The van der Waals surface area contributed by atoms with E-state index in [1.807, 2.05) is 18.3 Å². The van der Waals surface area contributed by atoms with Crippen LogP contribution < -0.4 is 3.71 Å². The Morgan fingerprint density at radius 2 is 2.00 bits per heavy atom. The molecule has 0 saturated heterocycles. The van der Waals surface area contributed by atoms with Crippen LogP contribution in [0.1, 0.15) is 0 Å². The summed E-state index contributed by atoms with van der Waals surface area (Å²) in [6, 6.07) is 3.93. The zero-order chi connectivity index (χ0) is 10.9. The van der Waals surface area contributed by atoms with Gasteiger partial charge in [0.05, 0.1) is 0 Å². The number of rotatable bonds is 2. The van der Waals surface area contributed by atoms with Gasteiger partial charge in [-0.05, 0) is 0 Å². The van der Waals surface area contributed by atoms with E-state index >= 15 is 0 Å². The van der Waals surface area contributed by atoms with Crippen molar-refractivity contribution in [2.75, 3.05) is 0 Å². The van der Waals surface area contributed by atoms with Gasteiger partial charge in [-0.2, -0.15) is 0 Å². The summed E-state index contributed by atoms with van der Waals surface area (Å²) >= 11 is -2.08. The van der Waals surface area contributed by atoms with Crippen molar-refractivity contribution >= 4 is 22.1 Å². The van der Waals surface area contributed by atoms with Gasteiger partial charge in [0, 0.05) is 0 Å². The predicted octanol–water partition coefficient (Wildman–Crippen LogP) is 2.28. The van der Waals surface area contributed by atoms with Crippen LogP contribution in [0.25, 0.3) is 11.4 Å². The Hall–Kier alpha value is -0.841. The van der Waals surface area contributed by atoms with Crippen LogP contribution in [-0.2, 0) is 0 Å². The fourth-order valence-corrected chi connectivity index (χ4v) is 4.21. The van der Waals surface area contributed by atoms with Crippen LogP contribution in [0.2, 0.25) is 14.8 Å². The molecule has 0 N–H and O–H groups in total. The Bertz CT molecular complexity index is 446. The molecule has 0 saturated carbocycles. The average molecular weight is 309 g/mol. The van der Waals surface area contributed by atoms with E-state index in [9.17, 15) is 0 Å². The van der Waals surface area contributed by atoms with Crippen molar-refractivity contribution < 1.29 is 4.42 Å². The van der Waals surface area contributed by atoms with Crippen molar-refractivity contribution in [3.8, 4) is 11.4 Å². The third-order valence-electron chi connectivity index (χ3n) is 2.20. The predicted molar refractivity (Wildman–Crippen MR) is 62.7 cm³/mol. The maximum absolute atomic E-state index is 5.03. The normalized spacial score (nSPS) is 11.7. The Balaban J connectivity index is 2.44. The van der Waals surface area contributed by atoms with Gasteiger partial charge < -0.3 is 0 Å². The molecule has 2 heterocycles. The third-order valence-corrected chi connectivity index (χ3v) is 7.38. The summed E-state index contributed by atoms with van der Waals surface area (Å²) in [5, 5.41) is 0. The molecular weight excluding hydrogens is 295 g/mol. The van der Waals surface area contributed by atoms with E-state index in [-0.39, 0.29) is 0 Å².